The van der Waals surface area contributed by atoms with E-state index in [9.17, 15) is 4.79 Å². The number of ether oxygens (including phenoxy) is 1. The molecule has 1 aliphatic rings. The van der Waals surface area contributed by atoms with Gasteiger partial charge in [0.05, 0.1) is 32.5 Å². The number of quaternary nitrogens is 1. The highest BCUT2D eigenvalue weighted by atomic mass is 32.2. The van der Waals surface area contributed by atoms with Crippen molar-refractivity contribution in [3.8, 4) is 5.75 Å². The summed E-state index contributed by atoms with van der Waals surface area (Å²) >= 11 is 1.97. The Morgan fingerprint density at radius 3 is 2.61 bits per heavy atom. The Kier molecular flexibility index (Phi) is 6.36. The van der Waals surface area contributed by atoms with Crippen molar-refractivity contribution >= 4 is 17.7 Å². The zero-order chi connectivity index (χ0) is 16.9. The molecule has 0 spiro atoms. The van der Waals surface area contributed by atoms with Crippen LogP contribution in [0.15, 0.2) is 24.3 Å². The van der Waals surface area contributed by atoms with Crippen LogP contribution < -0.4 is 10.1 Å². The van der Waals surface area contributed by atoms with Gasteiger partial charge in [-0.1, -0.05) is 12.1 Å². The molecule has 0 bridgehead atoms. The fourth-order valence-electron chi connectivity index (χ4n) is 3.26. The lowest BCUT2D eigenvalue weighted by Crippen LogP contribution is -2.54. The minimum atomic E-state index is 0.0910. The smallest absolute Gasteiger partial charge is 0.278 e. The van der Waals surface area contributed by atoms with Gasteiger partial charge >= 0.3 is 0 Å². The highest BCUT2D eigenvalue weighted by Crippen LogP contribution is 2.34. The maximum absolute atomic E-state index is 12.4. The molecule has 1 N–H and O–H groups in total. The van der Waals surface area contributed by atoms with Crippen LogP contribution in [0.2, 0.25) is 0 Å². The van der Waals surface area contributed by atoms with Gasteiger partial charge < -0.3 is 14.5 Å². The third-order valence-electron chi connectivity index (χ3n) is 4.88. The van der Waals surface area contributed by atoms with Crippen LogP contribution in [0.3, 0.4) is 0 Å². The maximum atomic E-state index is 12.4. The molecular formula is C18H29N2O2S+. The molecule has 0 aromatic heterocycles. The first-order valence-corrected chi connectivity index (χ1v) is 9.43. The van der Waals surface area contributed by atoms with Crippen molar-refractivity contribution in [2.24, 2.45) is 0 Å². The standard InChI is InChI=1S/C18H28N2O2S/c1-5-19-18(21)17-11-16(12-20(17,3)6-2)23-13-14-7-9-15(22-4)10-8-14/h7-10,16-17H,5-6,11-13H2,1-4H3/p+1/t16-,17-,20?/m0/s1. The quantitative estimate of drug-likeness (QED) is 0.778. The van der Waals surface area contributed by atoms with Crippen molar-refractivity contribution in [2.45, 2.75) is 37.3 Å². The second-order valence-electron chi connectivity index (χ2n) is 6.41. The lowest BCUT2D eigenvalue weighted by atomic mass is 10.2. The van der Waals surface area contributed by atoms with Crippen LogP contribution >= 0.6 is 11.8 Å². The number of hydrogen-bond acceptors (Lipinski definition) is 3. The van der Waals surface area contributed by atoms with Crippen LogP contribution in [-0.4, -0.2) is 55.5 Å². The summed E-state index contributed by atoms with van der Waals surface area (Å²) in [6, 6.07) is 8.35. The summed E-state index contributed by atoms with van der Waals surface area (Å²) in [5.41, 5.74) is 1.31. The Hall–Kier alpha value is -1.20. The van der Waals surface area contributed by atoms with Gasteiger partial charge in [-0.15, -0.1) is 11.8 Å². The summed E-state index contributed by atoms with van der Waals surface area (Å²) in [5.74, 6) is 2.09. The van der Waals surface area contributed by atoms with Crippen molar-refractivity contribution in [3.05, 3.63) is 29.8 Å². The molecule has 2 rings (SSSR count). The summed E-state index contributed by atoms with van der Waals surface area (Å²) < 4.78 is 6.05. The number of likely N-dealkylation sites (N-methyl/N-ethyl adjacent to an activating group) is 2. The van der Waals surface area contributed by atoms with E-state index in [2.05, 4.69) is 31.4 Å². The number of carbonyl (C=O) groups excluding carboxylic acids is 1. The monoisotopic (exact) mass is 337 g/mol. The summed E-state index contributed by atoms with van der Waals surface area (Å²) in [4.78, 5) is 12.4. The number of nitrogens with zero attached hydrogens (tertiary/aromatic N) is 1. The number of methoxy groups -OCH3 is 1. The number of benzene rings is 1. The zero-order valence-corrected chi connectivity index (χ0v) is 15.5. The number of likely N-dealkylation sites (tertiary alicyclic amines) is 1. The average molecular weight is 338 g/mol. The van der Waals surface area contributed by atoms with Gasteiger partial charge in [-0.25, -0.2) is 0 Å². The molecule has 5 heteroatoms. The SMILES string of the molecule is CCNC(=O)[C@@H]1C[C@H](SCc2ccc(OC)cc2)C[N+]1(C)CC. The van der Waals surface area contributed by atoms with Crippen LogP contribution in [0, 0.1) is 0 Å². The lowest BCUT2D eigenvalue weighted by molar-refractivity contribution is -0.910. The topological polar surface area (TPSA) is 38.3 Å². The molecule has 3 atom stereocenters. The molecule has 1 heterocycles. The van der Waals surface area contributed by atoms with Crippen LogP contribution in [0.4, 0.5) is 0 Å². The third kappa shape index (κ3) is 4.42. The predicted molar refractivity (Wildman–Crippen MR) is 96.8 cm³/mol. The first-order chi connectivity index (χ1) is 11.0. The number of carbonyl (C=O) groups is 1. The molecule has 23 heavy (non-hydrogen) atoms. The number of amides is 1. The van der Waals surface area contributed by atoms with Crippen molar-refractivity contribution in [2.75, 3.05) is 33.8 Å². The van der Waals surface area contributed by atoms with E-state index in [4.69, 9.17) is 4.74 Å². The molecule has 128 valence electrons. The van der Waals surface area contributed by atoms with Gasteiger partial charge in [-0.05, 0) is 31.5 Å². The van der Waals surface area contributed by atoms with Crippen molar-refractivity contribution in [1.82, 2.24) is 5.32 Å². The van der Waals surface area contributed by atoms with E-state index in [-0.39, 0.29) is 11.9 Å². The first-order valence-electron chi connectivity index (χ1n) is 8.38. The fraction of sp³-hybridized carbons (Fsp3) is 0.611. The van der Waals surface area contributed by atoms with E-state index >= 15 is 0 Å². The molecule has 4 nitrogen and oxygen atoms in total. The Morgan fingerprint density at radius 2 is 2.04 bits per heavy atom. The Bertz CT molecular complexity index is 520. The van der Waals surface area contributed by atoms with E-state index in [1.807, 2.05) is 30.8 Å². The Morgan fingerprint density at radius 1 is 1.35 bits per heavy atom. The number of hydrogen-bond donors (Lipinski definition) is 1. The summed E-state index contributed by atoms with van der Waals surface area (Å²) in [6.07, 6.45) is 0.969. The van der Waals surface area contributed by atoms with Crippen molar-refractivity contribution in [3.63, 3.8) is 0 Å². The van der Waals surface area contributed by atoms with E-state index in [0.29, 0.717) is 11.8 Å². The number of rotatable bonds is 7. The first kappa shape index (κ1) is 18.1. The van der Waals surface area contributed by atoms with Crippen LogP contribution in [0.25, 0.3) is 0 Å². The molecule has 1 fully saturated rings. The van der Waals surface area contributed by atoms with E-state index < -0.39 is 0 Å². The molecule has 1 aromatic carbocycles. The molecule has 1 amide bonds. The summed E-state index contributed by atoms with van der Waals surface area (Å²) in [5, 5.41) is 3.54. The molecule has 1 saturated heterocycles. The maximum Gasteiger partial charge on any atom is 0.278 e. The van der Waals surface area contributed by atoms with Gasteiger partial charge in [0.15, 0.2) is 6.04 Å². The Balaban J connectivity index is 1.94. The van der Waals surface area contributed by atoms with Crippen LogP contribution in [-0.2, 0) is 10.5 Å². The molecule has 1 unspecified atom stereocenters. The lowest BCUT2D eigenvalue weighted by Gasteiger charge is -2.34. The van der Waals surface area contributed by atoms with Gasteiger partial charge in [0.25, 0.3) is 5.91 Å². The largest absolute Gasteiger partial charge is 0.497 e. The fourth-order valence-corrected chi connectivity index (χ4v) is 4.64. The van der Waals surface area contributed by atoms with E-state index in [1.54, 1.807) is 7.11 Å². The van der Waals surface area contributed by atoms with Crippen LogP contribution in [0.5, 0.6) is 5.75 Å². The normalized spacial score (nSPS) is 27.0. The number of thioether (sulfide) groups is 1. The highest BCUT2D eigenvalue weighted by molar-refractivity contribution is 7.99. The van der Waals surface area contributed by atoms with E-state index in [1.165, 1.54) is 5.56 Å². The van der Waals surface area contributed by atoms with Gasteiger partial charge in [-0.3, -0.25) is 4.79 Å². The van der Waals surface area contributed by atoms with Gasteiger partial charge in [0.2, 0.25) is 0 Å². The summed E-state index contributed by atoms with van der Waals surface area (Å²) in [6.45, 7) is 6.95. The number of nitrogens with one attached hydrogen (secondary N) is 1. The molecule has 0 radical (unpaired) electrons. The minimum Gasteiger partial charge on any atom is -0.497 e. The molecule has 0 aliphatic carbocycles. The third-order valence-corrected chi connectivity index (χ3v) is 6.19. The molecule has 1 aromatic rings. The molecule has 1 aliphatic heterocycles. The van der Waals surface area contributed by atoms with Crippen LogP contribution in [0.1, 0.15) is 25.8 Å². The second kappa shape index (κ2) is 8.06. The Labute approximate surface area is 144 Å². The average Bonchev–Trinajstić information content (AvgIpc) is 2.91. The second-order valence-corrected chi connectivity index (χ2v) is 7.69. The molecular weight excluding hydrogens is 308 g/mol. The van der Waals surface area contributed by atoms with Gasteiger partial charge in [0.1, 0.15) is 5.75 Å². The summed E-state index contributed by atoms with van der Waals surface area (Å²) in [7, 11) is 3.90. The predicted octanol–water partition coefficient (Wildman–Crippen LogP) is 2.67. The van der Waals surface area contributed by atoms with E-state index in [0.717, 1.165) is 35.5 Å². The molecule has 0 saturated carbocycles. The van der Waals surface area contributed by atoms with Crippen molar-refractivity contribution < 1.29 is 14.0 Å². The van der Waals surface area contributed by atoms with Gasteiger partial charge in [0, 0.05) is 18.7 Å². The van der Waals surface area contributed by atoms with Gasteiger partial charge in [-0.2, -0.15) is 0 Å². The van der Waals surface area contributed by atoms with Crippen molar-refractivity contribution in [1.29, 1.82) is 0 Å². The zero-order valence-electron chi connectivity index (χ0n) is 14.7. The minimum absolute atomic E-state index is 0.0910. The highest BCUT2D eigenvalue weighted by Gasteiger charge is 2.46.